The van der Waals surface area contributed by atoms with Crippen LogP contribution in [0.2, 0.25) is 0 Å². The van der Waals surface area contributed by atoms with Gasteiger partial charge in [0.05, 0.1) is 5.71 Å². The Hall–Kier alpha value is -2.24. The van der Waals surface area contributed by atoms with E-state index in [1.807, 2.05) is 13.8 Å². The van der Waals surface area contributed by atoms with Crippen molar-refractivity contribution in [3.63, 3.8) is 0 Å². The van der Waals surface area contributed by atoms with Gasteiger partial charge in [-0.3, -0.25) is 4.79 Å². The zero-order valence-electron chi connectivity index (χ0n) is 11.9. The Labute approximate surface area is 117 Å². The van der Waals surface area contributed by atoms with Crippen molar-refractivity contribution in [3.8, 4) is 5.75 Å². The molecule has 106 valence electrons. The van der Waals surface area contributed by atoms with Crippen molar-refractivity contribution in [3.05, 3.63) is 23.8 Å². The lowest BCUT2D eigenvalue weighted by molar-refractivity contribution is -0.128. The van der Waals surface area contributed by atoms with E-state index in [0.717, 1.165) is 17.7 Å². The number of nitrogens with zero attached hydrogens (tertiary/aromatic N) is 4. The molecule has 0 radical (unpaired) electrons. The summed E-state index contributed by atoms with van der Waals surface area (Å²) in [5, 5.41) is 23.3. The predicted molar refractivity (Wildman–Crippen MR) is 76.3 cm³/mol. The highest BCUT2D eigenvalue weighted by atomic mass is 16.3. The number of carbonyl (C=O) groups excluding carboxylic acids is 1. The molecule has 20 heavy (non-hydrogen) atoms. The summed E-state index contributed by atoms with van der Waals surface area (Å²) in [6.07, 6.45) is 1.60. The van der Waals surface area contributed by atoms with Crippen LogP contribution in [-0.2, 0) is 4.79 Å². The summed E-state index contributed by atoms with van der Waals surface area (Å²) in [7, 11) is 1.61. The highest BCUT2D eigenvalue weighted by Gasteiger charge is 2.33. The van der Waals surface area contributed by atoms with Crippen LogP contribution in [0, 0.1) is 6.92 Å². The molecule has 1 atom stereocenters. The van der Waals surface area contributed by atoms with Gasteiger partial charge in [-0.1, -0.05) is 19.4 Å². The highest BCUT2D eigenvalue weighted by molar-refractivity contribution is 6.11. The maximum Gasteiger partial charge on any atom is 0.275 e. The number of aryl methyl sites for hydroxylation is 1. The van der Waals surface area contributed by atoms with E-state index in [9.17, 15) is 9.90 Å². The van der Waals surface area contributed by atoms with Crippen LogP contribution in [0.15, 0.2) is 33.5 Å². The van der Waals surface area contributed by atoms with Gasteiger partial charge in [-0.15, -0.1) is 0 Å². The molecule has 1 aliphatic heterocycles. The third-order valence-electron chi connectivity index (χ3n) is 3.06. The van der Waals surface area contributed by atoms with Crippen molar-refractivity contribution in [1.82, 2.24) is 5.01 Å². The Morgan fingerprint density at radius 1 is 1.45 bits per heavy atom. The lowest BCUT2D eigenvalue weighted by Gasteiger charge is -2.05. The van der Waals surface area contributed by atoms with Crippen LogP contribution in [-0.4, -0.2) is 34.8 Å². The van der Waals surface area contributed by atoms with Gasteiger partial charge in [-0.25, -0.2) is 5.01 Å². The SMILES string of the molecule is CCCC1=NN(C)C(=O)C1/N=N/c1cc(C)ccc1O. The van der Waals surface area contributed by atoms with Gasteiger partial charge in [0.2, 0.25) is 0 Å². The Kier molecular flexibility index (Phi) is 4.12. The van der Waals surface area contributed by atoms with E-state index in [2.05, 4.69) is 15.3 Å². The Bertz CT molecular complexity index is 581. The van der Waals surface area contributed by atoms with Gasteiger partial charge in [0, 0.05) is 7.05 Å². The number of benzene rings is 1. The number of hydrogen-bond donors (Lipinski definition) is 1. The molecule has 6 nitrogen and oxygen atoms in total. The molecule has 1 N–H and O–H groups in total. The number of carbonyl (C=O) groups is 1. The standard InChI is InChI=1S/C14H18N4O2/c1-4-5-10-13(14(20)18(3)17-10)16-15-11-8-9(2)6-7-12(11)19/h6-8,13,19H,4-5H2,1-3H3/b16-15+. The van der Waals surface area contributed by atoms with E-state index < -0.39 is 6.04 Å². The van der Waals surface area contributed by atoms with E-state index in [4.69, 9.17) is 0 Å². The van der Waals surface area contributed by atoms with E-state index in [1.165, 1.54) is 5.01 Å². The molecule has 1 aromatic rings. The number of rotatable bonds is 4. The van der Waals surface area contributed by atoms with Crippen molar-refractivity contribution in [2.75, 3.05) is 7.05 Å². The largest absolute Gasteiger partial charge is 0.506 e. The first-order valence-corrected chi connectivity index (χ1v) is 6.58. The number of azo groups is 1. The zero-order valence-corrected chi connectivity index (χ0v) is 11.9. The van der Waals surface area contributed by atoms with Crippen LogP contribution >= 0.6 is 0 Å². The maximum absolute atomic E-state index is 12.0. The molecular weight excluding hydrogens is 256 g/mol. The normalized spacial score (nSPS) is 18.9. The summed E-state index contributed by atoms with van der Waals surface area (Å²) in [5.41, 5.74) is 2.05. The number of phenolic OH excluding ortho intramolecular Hbond substituents is 1. The molecule has 0 saturated heterocycles. The van der Waals surface area contributed by atoms with Crippen LogP contribution in [0.5, 0.6) is 5.75 Å². The molecule has 1 amide bonds. The van der Waals surface area contributed by atoms with Crippen molar-refractivity contribution in [2.45, 2.75) is 32.7 Å². The first-order chi connectivity index (χ1) is 9.52. The van der Waals surface area contributed by atoms with Crippen LogP contribution < -0.4 is 0 Å². The summed E-state index contributed by atoms with van der Waals surface area (Å²) in [5.74, 6) is -0.142. The van der Waals surface area contributed by atoms with Gasteiger partial charge in [0.1, 0.15) is 11.4 Å². The second-order valence-corrected chi connectivity index (χ2v) is 4.81. The van der Waals surface area contributed by atoms with Crippen molar-refractivity contribution < 1.29 is 9.90 Å². The molecule has 1 unspecified atom stereocenters. The van der Waals surface area contributed by atoms with Crippen LogP contribution in [0.25, 0.3) is 0 Å². The molecule has 6 heteroatoms. The Morgan fingerprint density at radius 3 is 2.90 bits per heavy atom. The predicted octanol–water partition coefficient (Wildman–Crippen LogP) is 2.78. The van der Waals surface area contributed by atoms with E-state index in [-0.39, 0.29) is 11.7 Å². The number of hydrazone groups is 1. The quantitative estimate of drug-likeness (QED) is 0.857. The maximum atomic E-state index is 12.0. The van der Waals surface area contributed by atoms with Crippen molar-refractivity contribution in [2.24, 2.45) is 15.3 Å². The molecule has 1 aromatic carbocycles. The number of likely N-dealkylation sites (N-methyl/N-ethyl adjacent to an activating group) is 1. The van der Waals surface area contributed by atoms with Gasteiger partial charge in [-0.2, -0.15) is 15.3 Å². The molecule has 0 bridgehead atoms. The second kappa shape index (κ2) is 5.81. The molecular formula is C14H18N4O2. The number of aromatic hydroxyl groups is 1. The van der Waals surface area contributed by atoms with Crippen molar-refractivity contribution >= 4 is 17.3 Å². The van der Waals surface area contributed by atoms with Crippen LogP contribution in [0.4, 0.5) is 5.69 Å². The van der Waals surface area contributed by atoms with E-state index >= 15 is 0 Å². The lowest BCUT2D eigenvalue weighted by Crippen LogP contribution is -2.28. The average molecular weight is 274 g/mol. The van der Waals surface area contributed by atoms with Crippen LogP contribution in [0.1, 0.15) is 25.3 Å². The Morgan fingerprint density at radius 2 is 2.20 bits per heavy atom. The molecule has 0 aromatic heterocycles. The molecule has 1 heterocycles. The van der Waals surface area contributed by atoms with Crippen molar-refractivity contribution in [1.29, 1.82) is 0 Å². The third-order valence-corrected chi connectivity index (χ3v) is 3.06. The highest BCUT2D eigenvalue weighted by Crippen LogP contribution is 2.28. The van der Waals surface area contributed by atoms with E-state index in [0.29, 0.717) is 12.1 Å². The average Bonchev–Trinajstić information content (AvgIpc) is 2.67. The summed E-state index contributed by atoms with van der Waals surface area (Å²) in [6.45, 7) is 3.92. The fourth-order valence-electron chi connectivity index (χ4n) is 2.01. The minimum Gasteiger partial charge on any atom is -0.506 e. The number of phenols is 1. The summed E-state index contributed by atoms with van der Waals surface area (Å²) >= 11 is 0. The third kappa shape index (κ3) is 2.84. The fraction of sp³-hybridized carbons (Fsp3) is 0.429. The summed E-state index contributed by atoms with van der Waals surface area (Å²) in [4.78, 5) is 12.0. The fourth-order valence-corrected chi connectivity index (χ4v) is 2.01. The molecule has 0 fully saturated rings. The molecule has 0 spiro atoms. The molecule has 0 saturated carbocycles. The lowest BCUT2D eigenvalue weighted by atomic mass is 10.1. The zero-order chi connectivity index (χ0) is 14.7. The summed E-state index contributed by atoms with van der Waals surface area (Å²) in [6, 6.07) is 4.40. The first kappa shape index (κ1) is 14.2. The van der Waals surface area contributed by atoms with Gasteiger partial charge < -0.3 is 5.11 Å². The number of hydrogen-bond acceptors (Lipinski definition) is 5. The van der Waals surface area contributed by atoms with Gasteiger partial charge in [0.25, 0.3) is 5.91 Å². The minimum atomic E-state index is -0.667. The first-order valence-electron chi connectivity index (χ1n) is 6.58. The molecule has 0 aliphatic carbocycles. The Balaban J connectivity index is 2.23. The minimum absolute atomic E-state index is 0.0483. The molecule has 2 rings (SSSR count). The topological polar surface area (TPSA) is 77.6 Å². The summed E-state index contributed by atoms with van der Waals surface area (Å²) < 4.78 is 0. The molecule has 1 aliphatic rings. The van der Waals surface area contributed by atoms with E-state index in [1.54, 1.807) is 25.2 Å². The van der Waals surface area contributed by atoms with Gasteiger partial charge in [-0.05, 0) is 31.0 Å². The van der Waals surface area contributed by atoms with Gasteiger partial charge >= 0.3 is 0 Å². The van der Waals surface area contributed by atoms with Crippen LogP contribution in [0.3, 0.4) is 0 Å². The monoisotopic (exact) mass is 274 g/mol. The van der Waals surface area contributed by atoms with Gasteiger partial charge in [0.15, 0.2) is 6.04 Å². The second-order valence-electron chi connectivity index (χ2n) is 4.81. The number of amides is 1. The smallest absolute Gasteiger partial charge is 0.275 e.